The number of aromatic nitrogens is 1. The van der Waals surface area contributed by atoms with Gasteiger partial charge in [0.15, 0.2) is 0 Å². The summed E-state index contributed by atoms with van der Waals surface area (Å²) < 4.78 is 0. The van der Waals surface area contributed by atoms with Gasteiger partial charge in [0.25, 0.3) is 0 Å². The van der Waals surface area contributed by atoms with Crippen LogP contribution in [0, 0.1) is 0 Å². The summed E-state index contributed by atoms with van der Waals surface area (Å²) in [5, 5.41) is 15.6. The topological polar surface area (TPSA) is 45.2 Å². The molecule has 5 heteroatoms. The zero-order valence-electron chi connectivity index (χ0n) is 18.0. The van der Waals surface area contributed by atoms with Gasteiger partial charge in [-0.25, -0.2) is 0 Å². The van der Waals surface area contributed by atoms with E-state index in [1.165, 1.54) is 5.56 Å². The lowest BCUT2D eigenvalue weighted by Gasteiger charge is -2.25. The lowest BCUT2D eigenvalue weighted by Crippen LogP contribution is -2.35. The minimum Gasteiger partial charge on any atom is -0.507 e. The molecule has 0 radical (unpaired) electrons. The van der Waals surface area contributed by atoms with Gasteiger partial charge < -0.3 is 10.4 Å². The van der Waals surface area contributed by atoms with Crippen LogP contribution >= 0.6 is 24.8 Å². The van der Waals surface area contributed by atoms with Crippen LogP contribution in [0.5, 0.6) is 5.75 Å². The van der Waals surface area contributed by atoms with Gasteiger partial charge in [0.2, 0.25) is 0 Å². The average Bonchev–Trinajstić information content (AvgIpc) is 2.58. The molecule has 0 amide bonds. The fraction of sp³-hybridized carbons (Fsp3) is 0.375. The van der Waals surface area contributed by atoms with Crippen LogP contribution in [-0.4, -0.2) is 15.6 Å². The molecular weight excluding hydrogens is 403 g/mol. The fourth-order valence-electron chi connectivity index (χ4n) is 3.06. The molecule has 0 bridgehead atoms. The molecule has 3 rings (SSSR count). The summed E-state index contributed by atoms with van der Waals surface area (Å²) in [6.07, 6.45) is 1.85. The molecule has 0 atom stereocenters. The number of benzene rings is 2. The number of phenols is 1. The van der Waals surface area contributed by atoms with Gasteiger partial charge in [-0.05, 0) is 49.9 Å². The largest absolute Gasteiger partial charge is 0.507 e. The van der Waals surface area contributed by atoms with E-state index >= 15 is 0 Å². The van der Waals surface area contributed by atoms with Crippen molar-refractivity contribution in [1.29, 1.82) is 0 Å². The van der Waals surface area contributed by atoms with Gasteiger partial charge >= 0.3 is 0 Å². The second kappa shape index (κ2) is 9.34. The van der Waals surface area contributed by atoms with E-state index in [2.05, 4.69) is 76.1 Å². The molecule has 0 unspecified atom stereocenters. The van der Waals surface area contributed by atoms with Gasteiger partial charge in [-0.1, -0.05) is 45.0 Å². The van der Waals surface area contributed by atoms with E-state index in [0.717, 1.165) is 27.6 Å². The number of hydrogen-bond acceptors (Lipinski definition) is 3. The van der Waals surface area contributed by atoms with Crippen LogP contribution in [0.2, 0.25) is 0 Å². The summed E-state index contributed by atoms with van der Waals surface area (Å²) in [7, 11) is 0. The zero-order chi connectivity index (χ0) is 19.8. The van der Waals surface area contributed by atoms with Crippen molar-refractivity contribution in [2.45, 2.75) is 59.0 Å². The van der Waals surface area contributed by atoms with E-state index in [9.17, 15) is 5.11 Å². The first kappa shape index (κ1) is 25.2. The van der Waals surface area contributed by atoms with Crippen LogP contribution in [0.1, 0.15) is 52.7 Å². The minimum absolute atomic E-state index is 0. The Labute approximate surface area is 186 Å². The monoisotopic (exact) mass is 434 g/mol. The van der Waals surface area contributed by atoms with Gasteiger partial charge in [0, 0.05) is 40.4 Å². The Bertz CT molecular complexity index is 973. The maximum absolute atomic E-state index is 11.0. The zero-order valence-corrected chi connectivity index (χ0v) is 19.7. The van der Waals surface area contributed by atoms with E-state index in [4.69, 9.17) is 0 Å². The predicted molar refractivity (Wildman–Crippen MR) is 129 cm³/mol. The van der Waals surface area contributed by atoms with Gasteiger partial charge in [-0.3, -0.25) is 4.98 Å². The van der Waals surface area contributed by atoms with E-state index in [1.807, 2.05) is 24.4 Å². The Morgan fingerprint density at radius 3 is 2.21 bits per heavy atom. The molecule has 0 saturated heterocycles. The lowest BCUT2D eigenvalue weighted by atomic mass is 9.83. The number of halogens is 2. The fourth-order valence-corrected chi connectivity index (χ4v) is 3.06. The first-order valence-corrected chi connectivity index (χ1v) is 9.51. The predicted octanol–water partition coefficient (Wildman–Crippen LogP) is 6.64. The number of nitrogens with zero attached hydrogens (tertiary/aromatic N) is 1. The number of nitrogens with one attached hydrogen (secondary N) is 1. The molecule has 0 aliphatic carbocycles. The smallest absolute Gasteiger partial charge is 0.127 e. The van der Waals surface area contributed by atoms with Gasteiger partial charge in [0.1, 0.15) is 5.75 Å². The van der Waals surface area contributed by atoms with E-state index in [-0.39, 0.29) is 35.8 Å². The molecular formula is C24H32Cl2N2O. The number of hydrogen-bond donors (Lipinski definition) is 2. The number of fused-ring (bicyclic) bond motifs is 1. The van der Waals surface area contributed by atoms with Crippen LogP contribution in [0.3, 0.4) is 0 Å². The molecule has 1 aromatic heterocycles. The van der Waals surface area contributed by atoms with Crippen molar-refractivity contribution >= 4 is 35.7 Å². The van der Waals surface area contributed by atoms with Crippen molar-refractivity contribution in [3.05, 3.63) is 59.8 Å². The van der Waals surface area contributed by atoms with Crippen molar-refractivity contribution in [3.8, 4) is 16.9 Å². The molecule has 3 aromatic rings. The molecule has 0 aliphatic heterocycles. The molecule has 1 heterocycles. The number of phenolic OH excluding ortho intramolecular Hbond substituents is 1. The van der Waals surface area contributed by atoms with E-state index < -0.39 is 0 Å². The number of para-hydroxylation sites is 1. The van der Waals surface area contributed by atoms with Crippen LogP contribution < -0.4 is 5.32 Å². The Morgan fingerprint density at radius 2 is 1.59 bits per heavy atom. The standard InChI is InChI=1S/C24H30N2O.2ClH/c1-23(2,3)19-12-18(15-26-24(4,5)6)22(27)20(13-19)17-11-16-9-7-8-10-21(16)25-14-17;;/h7-14,26-27H,15H2,1-6H3;2*1H. The molecule has 0 spiro atoms. The average molecular weight is 435 g/mol. The van der Waals surface area contributed by atoms with Gasteiger partial charge in [0.05, 0.1) is 5.52 Å². The lowest BCUT2D eigenvalue weighted by molar-refractivity contribution is 0.411. The van der Waals surface area contributed by atoms with Crippen molar-refractivity contribution in [1.82, 2.24) is 10.3 Å². The van der Waals surface area contributed by atoms with Crippen LogP contribution in [0.4, 0.5) is 0 Å². The normalized spacial score (nSPS) is 11.7. The van der Waals surface area contributed by atoms with Crippen molar-refractivity contribution in [3.63, 3.8) is 0 Å². The van der Waals surface area contributed by atoms with Crippen molar-refractivity contribution < 1.29 is 5.11 Å². The highest BCUT2D eigenvalue weighted by Crippen LogP contribution is 2.38. The molecule has 2 aromatic carbocycles. The molecule has 3 nitrogen and oxygen atoms in total. The summed E-state index contributed by atoms with van der Waals surface area (Å²) in [5.74, 6) is 0.330. The SMILES string of the molecule is CC(C)(C)NCc1cc(C(C)(C)C)cc(-c2cnc3ccccc3c2)c1O.Cl.Cl. The van der Waals surface area contributed by atoms with Gasteiger partial charge in [-0.15, -0.1) is 24.8 Å². The maximum Gasteiger partial charge on any atom is 0.127 e. The molecule has 158 valence electrons. The first-order chi connectivity index (χ1) is 12.5. The van der Waals surface area contributed by atoms with Crippen LogP contribution in [0.25, 0.3) is 22.0 Å². The highest BCUT2D eigenvalue weighted by atomic mass is 35.5. The summed E-state index contributed by atoms with van der Waals surface area (Å²) in [6.45, 7) is 13.6. The third-order valence-corrected chi connectivity index (χ3v) is 4.77. The molecule has 0 saturated carbocycles. The molecule has 0 fully saturated rings. The van der Waals surface area contributed by atoms with Gasteiger partial charge in [-0.2, -0.15) is 0 Å². The summed E-state index contributed by atoms with van der Waals surface area (Å²) in [6, 6.07) is 14.4. The second-order valence-corrected chi connectivity index (χ2v) is 9.30. The van der Waals surface area contributed by atoms with Crippen LogP contribution in [-0.2, 0) is 12.0 Å². The third kappa shape index (κ3) is 6.08. The summed E-state index contributed by atoms with van der Waals surface area (Å²) in [4.78, 5) is 4.58. The third-order valence-electron chi connectivity index (χ3n) is 4.77. The highest BCUT2D eigenvalue weighted by molar-refractivity contribution is 5.86. The Balaban J connectivity index is 0.00000210. The first-order valence-electron chi connectivity index (χ1n) is 9.51. The van der Waals surface area contributed by atoms with Crippen molar-refractivity contribution in [2.24, 2.45) is 0 Å². The molecule has 2 N–H and O–H groups in total. The highest BCUT2D eigenvalue weighted by Gasteiger charge is 2.20. The number of pyridine rings is 1. The molecule has 0 aliphatic rings. The second-order valence-electron chi connectivity index (χ2n) is 9.30. The quantitative estimate of drug-likeness (QED) is 0.485. The van der Waals surface area contributed by atoms with E-state index in [1.54, 1.807) is 0 Å². The van der Waals surface area contributed by atoms with Crippen molar-refractivity contribution in [2.75, 3.05) is 0 Å². The van der Waals surface area contributed by atoms with E-state index in [0.29, 0.717) is 12.3 Å². The molecule has 29 heavy (non-hydrogen) atoms. The Hall–Kier alpha value is -1.81. The Morgan fingerprint density at radius 1 is 0.931 bits per heavy atom. The number of aromatic hydroxyl groups is 1. The number of rotatable bonds is 3. The Kier molecular flexibility index (Phi) is 8.12. The summed E-state index contributed by atoms with van der Waals surface area (Å²) >= 11 is 0. The summed E-state index contributed by atoms with van der Waals surface area (Å²) in [5.41, 5.74) is 4.83. The van der Waals surface area contributed by atoms with Crippen LogP contribution in [0.15, 0.2) is 48.7 Å². The maximum atomic E-state index is 11.0. The minimum atomic E-state index is -0.0190.